The number of aromatic nitrogens is 2. The van der Waals surface area contributed by atoms with Crippen molar-refractivity contribution in [2.75, 3.05) is 6.54 Å². The van der Waals surface area contributed by atoms with Crippen LogP contribution in [0.3, 0.4) is 0 Å². The summed E-state index contributed by atoms with van der Waals surface area (Å²) in [5.41, 5.74) is 1.87. The molecule has 1 aromatic heterocycles. The molecule has 0 saturated heterocycles. The van der Waals surface area contributed by atoms with Gasteiger partial charge in [0.05, 0.1) is 27.7 Å². The number of hydrogen-bond acceptors (Lipinski definition) is 3. The van der Waals surface area contributed by atoms with Crippen molar-refractivity contribution in [2.45, 2.75) is 39.2 Å². The summed E-state index contributed by atoms with van der Waals surface area (Å²) < 4.78 is 1.55. The average Bonchev–Trinajstić information content (AvgIpc) is 2.90. The number of halogens is 1. The number of para-hydroxylation sites is 2. The van der Waals surface area contributed by atoms with Crippen LogP contribution in [0.1, 0.15) is 50.5 Å². The van der Waals surface area contributed by atoms with Crippen LogP contribution in [0, 0.1) is 0 Å². The Morgan fingerprint density at radius 1 is 1.00 bits per heavy atom. The Hall–Kier alpha value is -3.70. The van der Waals surface area contributed by atoms with Crippen LogP contribution in [-0.4, -0.2) is 26.9 Å². The first-order valence-electron chi connectivity index (χ1n) is 12.3. The van der Waals surface area contributed by atoms with E-state index in [0.29, 0.717) is 34.0 Å². The molecule has 0 saturated carbocycles. The third kappa shape index (κ3) is 5.58. The fourth-order valence-electron chi connectivity index (χ4n) is 4.29. The van der Waals surface area contributed by atoms with E-state index in [1.165, 1.54) is 0 Å². The predicted molar refractivity (Wildman–Crippen MR) is 147 cm³/mol. The van der Waals surface area contributed by atoms with E-state index < -0.39 is 6.04 Å². The van der Waals surface area contributed by atoms with Gasteiger partial charge in [0.15, 0.2) is 0 Å². The minimum Gasteiger partial charge on any atom is -0.329 e. The summed E-state index contributed by atoms with van der Waals surface area (Å²) in [6.07, 6.45) is 6.31. The number of benzene rings is 3. The van der Waals surface area contributed by atoms with Gasteiger partial charge in [-0.3, -0.25) is 14.2 Å². The van der Waals surface area contributed by atoms with E-state index in [-0.39, 0.29) is 11.5 Å². The molecule has 1 amide bonds. The molecule has 0 aliphatic carbocycles. The number of carbonyl (C=O) groups excluding carboxylic acids is 1. The number of hydrogen-bond donors (Lipinski definition) is 0. The molecule has 0 radical (unpaired) electrons. The maximum Gasteiger partial charge on any atom is 0.266 e. The van der Waals surface area contributed by atoms with Gasteiger partial charge in [0.1, 0.15) is 5.82 Å². The molecule has 6 heteroatoms. The summed E-state index contributed by atoms with van der Waals surface area (Å²) in [5.74, 6) is 0.348. The Kier molecular flexibility index (Phi) is 8.34. The van der Waals surface area contributed by atoms with E-state index in [4.69, 9.17) is 16.6 Å². The molecular formula is C30H30ClN3O2. The normalized spacial score (nSPS) is 12.2. The first-order chi connectivity index (χ1) is 17.5. The Bertz CT molecular complexity index is 1430. The van der Waals surface area contributed by atoms with Crippen LogP contribution in [0.2, 0.25) is 5.02 Å². The standard InChI is InChI=1S/C30H30ClN3O2/c1-3-4-12-21-33(28(35)20-19-23-13-6-5-7-14-23)22(2)29-32-26-17-10-8-15-24(26)30(36)34(29)27-18-11-9-16-25(27)31/h5-11,13-20,22H,3-4,12,21H2,1-2H3/b20-19+. The first kappa shape index (κ1) is 25.4. The van der Waals surface area contributed by atoms with E-state index in [1.807, 2.05) is 73.7 Å². The second-order valence-corrected chi connectivity index (χ2v) is 9.15. The van der Waals surface area contributed by atoms with E-state index in [1.54, 1.807) is 33.7 Å². The second-order valence-electron chi connectivity index (χ2n) is 8.74. The van der Waals surface area contributed by atoms with Crippen molar-refractivity contribution in [3.63, 3.8) is 0 Å². The molecule has 0 spiro atoms. The zero-order valence-electron chi connectivity index (χ0n) is 20.6. The summed E-state index contributed by atoms with van der Waals surface area (Å²) in [5, 5.41) is 0.944. The summed E-state index contributed by atoms with van der Waals surface area (Å²) in [7, 11) is 0. The van der Waals surface area contributed by atoms with Crippen LogP contribution in [0.5, 0.6) is 0 Å². The van der Waals surface area contributed by atoms with Crippen molar-refractivity contribution in [3.8, 4) is 5.69 Å². The molecule has 184 valence electrons. The fraction of sp³-hybridized carbons (Fsp3) is 0.233. The molecule has 0 N–H and O–H groups in total. The van der Waals surface area contributed by atoms with Gasteiger partial charge >= 0.3 is 0 Å². The average molecular weight is 500 g/mol. The van der Waals surface area contributed by atoms with Gasteiger partial charge in [-0.05, 0) is 49.2 Å². The lowest BCUT2D eigenvalue weighted by Crippen LogP contribution is -2.37. The Morgan fingerprint density at radius 2 is 1.69 bits per heavy atom. The highest BCUT2D eigenvalue weighted by Crippen LogP contribution is 2.27. The maximum atomic E-state index is 13.7. The number of rotatable bonds is 9. The third-order valence-electron chi connectivity index (χ3n) is 6.24. The Balaban J connectivity index is 1.82. The number of unbranched alkanes of at least 4 members (excludes halogenated alkanes) is 2. The lowest BCUT2D eigenvalue weighted by atomic mass is 10.1. The van der Waals surface area contributed by atoms with E-state index >= 15 is 0 Å². The van der Waals surface area contributed by atoms with Crippen molar-refractivity contribution in [3.05, 3.63) is 112 Å². The molecule has 0 fully saturated rings. The Morgan fingerprint density at radius 3 is 2.44 bits per heavy atom. The van der Waals surface area contributed by atoms with Gasteiger partial charge in [-0.15, -0.1) is 0 Å². The summed E-state index contributed by atoms with van der Waals surface area (Å²) in [4.78, 5) is 33.9. The van der Waals surface area contributed by atoms with Crippen LogP contribution >= 0.6 is 11.6 Å². The molecule has 1 heterocycles. The smallest absolute Gasteiger partial charge is 0.266 e. The van der Waals surface area contributed by atoms with Crippen molar-refractivity contribution in [1.82, 2.24) is 14.5 Å². The molecule has 0 aliphatic rings. The van der Waals surface area contributed by atoms with Crippen LogP contribution in [-0.2, 0) is 4.79 Å². The van der Waals surface area contributed by atoms with E-state index in [2.05, 4.69) is 6.92 Å². The zero-order valence-corrected chi connectivity index (χ0v) is 21.4. The highest BCUT2D eigenvalue weighted by molar-refractivity contribution is 6.32. The highest BCUT2D eigenvalue weighted by atomic mass is 35.5. The van der Waals surface area contributed by atoms with Crippen LogP contribution < -0.4 is 5.56 Å². The number of carbonyl (C=O) groups is 1. The maximum absolute atomic E-state index is 13.7. The van der Waals surface area contributed by atoms with Crippen molar-refractivity contribution >= 4 is 34.5 Å². The van der Waals surface area contributed by atoms with E-state index in [9.17, 15) is 9.59 Å². The number of fused-ring (bicyclic) bond motifs is 1. The monoisotopic (exact) mass is 499 g/mol. The molecule has 1 atom stereocenters. The zero-order chi connectivity index (χ0) is 25.5. The molecule has 4 rings (SSSR count). The lowest BCUT2D eigenvalue weighted by Gasteiger charge is -2.30. The quantitative estimate of drug-likeness (QED) is 0.187. The van der Waals surface area contributed by atoms with Gasteiger partial charge in [-0.2, -0.15) is 0 Å². The molecular weight excluding hydrogens is 470 g/mol. The fourth-order valence-corrected chi connectivity index (χ4v) is 4.51. The molecule has 4 aromatic rings. The minimum absolute atomic E-state index is 0.129. The van der Waals surface area contributed by atoms with Gasteiger partial charge in [-0.25, -0.2) is 4.98 Å². The van der Waals surface area contributed by atoms with Crippen molar-refractivity contribution in [1.29, 1.82) is 0 Å². The van der Waals surface area contributed by atoms with Crippen LogP contribution in [0.4, 0.5) is 0 Å². The molecule has 5 nitrogen and oxygen atoms in total. The lowest BCUT2D eigenvalue weighted by molar-refractivity contribution is -0.128. The van der Waals surface area contributed by atoms with Gasteiger partial charge in [0.25, 0.3) is 5.56 Å². The van der Waals surface area contributed by atoms with Gasteiger partial charge in [-0.1, -0.05) is 86.0 Å². The summed E-state index contributed by atoms with van der Waals surface area (Å²) in [6, 6.07) is 23.7. The SMILES string of the molecule is CCCCCN(C(=O)/C=C/c1ccccc1)C(C)c1nc2ccccc2c(=O)n1-c1ccccc1Cl. The van der Waals surface area contributed by atoms with Crippen molar-refractivity contribution in [2.24, 2.45) is 0 Å². The third-order valence-corrected chi connectivity index (χ3v) is 6.56. The topological polar surface area (TPSA) is 55.2 Å². The van der Waals surface area contributed by atoms with Gasteiger partial charge in [0.2, 0.25) is 5.91 Å². The highest BCUT2D eigenvalue weighted by Gasteiger charge is 2.26. The van der Waals surface area contributed by atoms with Gasteiger partial charge < -0.3 is 4.90 Å². The second kappa shape index (κ2) is 11.8. The summed E-state index contributed by atoms with van der Waals surface area (Å²) >= 11 is 6.54. The van der Waals surface area contributed by atoms with Crippen LogP contribution in [0.15, 0.2) is 89.7 Å². The number of nitrogens with zero attached hydrogens (tertiary/aromatic N) is 3. The predicted octanol–water partition coefficient (Wildman–Crippen LogP) is 6.83. The molecule has 0 aliphatic heterocycles. The largest absolute Gasteiger partial charge is 0.329 e. The molecule has 3 aromatic carbocycles. The molecule has 0 bridgehead atoms. The Labute approximate surface area is 216 Å². The molecule has 36 heavy (non-hydrogen) atoms. The number of amides is 1. The van der Waals surface area contributed by atoms with Crippen LogP contribution in [0.25, 0.3) is 22.7 Å². The van der Waals surface area contributed by atoms with Gasteiger partial charge in [0, 0.05) is 12.6 Å². The first-order valence-corrected chi connectivity index (χ1v) is 12.7. The summed E-state index contributed by atoms with van der Waals surface area (Å²) in [6.45, 7) is 4.60. The van der Waals surface area contributed by atoms with Crippen molar-refractivity contribution < 1.29 is 4.79 Å². The molecule has 1 unspecified atom stereocenters. The minimum atomic E-state index is -0.469. The van der Waals surface area contributed by atoms with E-state index in [0.717, 1.165) is 24.8 Å².